The molecule has 0 spiro atoms. The van der Waals surface area contributed by atoms with E-state index >= 15 is 0 Å². The molecule has 0 saturated carbocycles. The van der Waals surface area contributed by atoms with Gasteiger partial charge in [0.1, 0.15) is 0 Å². The van der Waals surface area contributed by atoms with E-state index in [0.717, 1.165) is 16.5 Å². The fraction of sp³-hybridized carbons (Fsp3) is 0.462. The standard InChI is InChI=1S/C13H18BrNO2/c1-3-11(15)13(2,8-12(16)17)9-5-4-6-10(14)7-9/h4-7,11H,3,8,15H2,1-2H3,(H,16,17). The Labute approximate surface area is 110 Å². The molecule has 3 nitrogen and oxygen atoms in total. The number of halogens is 1. The van der Waals surface area contributed by atoms with Crippen LogP contribution in [-0.2, 0) is 10.2 Å². The molecule has 1 rings (SSSR count). The number of benzene rings is 1. The number of rotatable bonds is 5. The summed E-state index contributed by atoms with van der Waals surface area (Å²) >= 11 is 3.40. The maximum atomic E-state index is 11.0. The normalized spacial score (nSPS) is 16.2. The van der Waals surface area contributed by atoms with Crippen LogP contribution in [0.3, 0.4) is 0 Å². The first-order chi connectivity index (χ1) is 7.90. The highest BCUT2D eigenvalue weighted by molar-refractivity contribution is 9.10. The zero-order chi connectivity index (χ0) is 13.1. The zero-order valence-corrected chi connectivity index (χ0v) is 11.7. The summed E-state index contributed by atoms with van der Waals surface area (Å²) in [5.74, 6) is -0.823. The molecule has 0 heterocycles. The molecule has 3 N–H and O–H groups in total. The van der Waals surface area contributed by atoms with Crippen LogP contribution in [0.25, 0.3) is 0 Å². The topological polar surface area (TPSA) is 63.3 Å². The number of hydrogen-bond donors (Lipinski definition) is 2. The molecule has 0 amide bonds. The third kappa shape index (κ3) is 3.30. The van der Waals surface area contributed by atoms with Gasteiger partial charge in [-0.1, -0.05) is 41.9 Å². The van der Waals surface area contributed by atoms with E-state index in [-0.39, 0.29) is 12.5 Å². The summed E-state index contributed by atoms with van der Waals surface area (Å²) in [6.07, 6.45) is 0.786. The maximum Gasteiger partial charge on any atom is 0.304 e. The summed E-state index contributed by atoms with van der Waals surface area (Å²) in [4.78, 5) is 11.0. The molecular weight excluding hydrogens is 282 g/mol. The summed E-state index contributed by atoms with van der Waals surface area (Å²) in [5.41, 5.74) is 6.53. The zero-order valence-electron chi connectivity index (χ0n) is 10.1. The van der Waals surface area contributed by atoms with Gasteiger partial charge in [-0.2, -0.15) is 0 Å². The molecule has 1 aromatic carbocycles. The lowest BCUT2D eigenvalue weighted by molar-refractivity contribution is -0.138. The minimum Gasteiger partial charge on any atom is -0.481 e. The number of hydrogen-bond acceptors (Lipinski definition) is 2. The number of carboxylic acid groups (broad SMARTS) is 1. The lowest BCUT2D eigenvalue weighted by atomic mass is 9.73. The minimum atomic E-state index is -0.823. The van der Waals surface area contributed by atoms with Gasteiger partial charge in [0.2, 0.25) is 0 Å². The molecule has 94 valence electrons. The second-order valence-corrected chi connectivity index (χ2v) is 5.43. The van der Waals surface area contributed by atoms with Gasteiger partial charge in [0, 0.05) is 15.9 Å². The summed E-state index contributed by atoms with van der Waals surface area (Å²) in [5, 5.41) is 9.06. The molecule has 2 unspecified atom stereocenters. The minimum absolute atomic E-state index is 0.0401. The molecule has 0 saturated heterocycles. The van der Waals surface area contributed by atoms with Gasteiger partial charge in [0.05, 0.1) is 6.42 Å². The van der Waals surface area contributed by atoms with E-state index in [1.165, 1.54) is 0 Å². The number of carbonyl (C=O) groups is 1. The largest absolute Gasteiger partial charge is 0.481 e. The molecule has 0 bridgehead atoms. The summed E-state index contributed by atoms with van der Waals surface area (Å²) < 4.78 is 0.940. The second kappa shape index (κ2) is 5.65. The Hall–Kier alpha value is -0.870. The Morgan fingerprint density at radius 1 is 1.59 bits per heavy atom. The number of aliphatic carboxylic acids is 1. The first-order valence-corrected chi connectivity index (χ1v) is 6.43. The van der Waals surface area contributed by atoms with Gasteiger partial charge < -0.3 is 10.8 Å². The molecule has 2 atom stereocenters. The summed E-state index contributed by atoms with van der Waals surface area (Å²) in [6, 6.07) is 7.53. The van der Waals surface area contributed by atoms with Crippen molar-refractivity contribution in [3.63, 3.8) is 0 Å². The van der Waals surface area contributed by atoms with Crippen LogP contribution in [0.5, 0.6) is 0 Å². The maximum absolute atomic E-state index is 11.0. The molecule has 0 aromatic heterocycles. The van der Waals surface area contributed by atoms with Crippen molar-refractivity contribution in [2.24, 2.45) is 5.73 Å². The van der Waals surface area contributed by atoms with E-state index < -0.39 is 11.4 Å². The monoisotopic (exact) mass is 299 g/mol. The molecule has 1 aromatic rings. The van der Waals surface area contributed by atoms with Crippen molar-refractivity contribution in [3.8, 4) is 0 Å². The number of nitrogens with two attached hydrogens (primary N) is 1. The smallest absolute Gasteiger partial charge is 0.304 e. The highest BCUT2D eigenvalue weighted by atomic mass is 79.9. The van der Waals surface area contributed by atoms with Gasteiger partial charge in [-0.05, 0) is 24.1 Å². The fourth-order valence-corrected chi connectivity index (χ4v) is 2.45. The van der Waals surface area contributed by atoms with Crippen LogP contribution >= 0.6 is 15.9 Å². The Morgan fingerprint density at radius 3 is 2.71 bits per heavy atom. The Bertz CT molecular complexity index is 408. The van der Waals surface area contributed by atoms with E-state index in [2.05, 4.69) is 15.9 Å². The van der Waals surface area contributed by atoms with E-state index in [0.29, 0.717) is 0 Å². The van der Waals surface area contributed by atoms with Gasteiger partial charge in [-0.15, -0.1) is 0 Å². The van der Waals surface area contributed by atoms with Crippen molar-refractivity contribution < 1.29 is 9.90 Å². The lowest BCUT2D eigenvalue weighted by Gasteiger charge is -2.34. The predicted octanol–water partition coefficient (Wildman–Crippen LogP) is 2.92. The van der Waals surface area contributed by atoms with Crippen LogP contribution in [0.1, 0.15) is 32.3 Å². The highest BCUT2D eigenvalue weighted by Crippen LogP contribution is 2.33. The lowest BCUT2D eigenvalue weighted by Crippen LogP contribution is -2.44. The molecular formula is C13H18BrNO2. The first-order valence-electron chi connectivity index (χ1n) is 5.63. The van der Waals surface area contributed by atoms with Crippen molar-refractivity contribution in [1.82, 2.24) is 0 Å². The van der Waals surface area contributed by atoms with Gasteiger partial charge in [-0.25, -0.2) is 0 Å². The van der Waals surface area contributed by atoms with Crippen LogP contribution < -0.4 is 5.73 Å². The van der Waals surface area contributed by atoms with Crippen molar-refractivity contribution in [2.45, 2.75) is 38.1 Å². The molecule has 4 heteroatoms. The second-order valence-electron chi connectivity index (χ2n) is 4.51. The van der Waals surface area contributed by atoms with E-state index in [4.69, 9.17) is 10.8 Å². The molecule has 17 heavy (non-hydrogen) atoms. The third-order valence-electron chi connectivity index (χ3n) is 3.26. The molecule has 0 aliphatic rings. The first kappa shape index (κ1) is 14.2. The van der Waals surface area contributed by atoms with Crippen molar-refractivity contribution in [1.29, 1.82) is 0 Å². The van der Waals surface area contributed by atoms with Crippen LogP contribution in [0.4, 0.5) is 0 Å². The van der Waals surface area contributed by atoms with Crippen LogP contribution in [0.15, 0.2) is 28.7 Å². The Kier molecular flexibility index (Phi) is 4.71. The SMILES string of the molecule is CCC(N)C(C)(CC(=O)O)c1cccc(Br)c1. The van der Waals surface area contributed by atoms with Gasteiger partial charge in [0.25, 0.3) is 0 Å². The molecule has 0 aliphatic carbocycles. The van der Waals surface area contributed by atoms with Gasteiger partial charge in [0.15, 0.2) is 0 Å². The van der Waals surface area contributed by atoms with Gasteiger partial charge >= 0.3 is 5.97 Å². The van der Waals surface area contributed by atoms with E-state index in [1.807, 2.05) is 38.1 Å². The van der Waals surface area contributed by atoms with Crippen LogP contribution in [0, 0.1) is 0 Å². The van der Waals surface area contributed by atoms with Gasteiger partial charge in [-0.3, -0.25) is 4.79 Å². The molecule has 0 radical (unpaired) electrons. The van der Waals surface area contributed by atoms with Crippen molar-refractivity contribution in [2.75, 3.05) is 0 Å². The Morgan fingerprint density at radius 2 is 2.24 bits per heavy atom. The third-order valence-corrected chi connectivity index (χ3v) is 3.75. The van der Waals surface area contributed by atoms with Crippen molar-refractivity contribution >= 4 is 21.9 Å². The van der Waals surface area contributed by atoms with E-state index in [1.54, 1.807) is 0 Å². The predicted molar refractivity (Wildman–Crippen MR) is 72.0 cm³/mol. The van der Waals surface area contributed by atoms with Crippen LogP contribution in [-0.4, -0.2) is 17.1 Å². The van der Waals surface area contributed by atoms with Crippen LogP contribution in [0.2, 0.25) is 0 Å². The molecule has 0 fully saturated rings. The highest BCUT2D eigenvalue weighted by Gasteiger charge is 2.35. The fourth-order valence-electron chi connectivity index (χ4n) is 2.06. The summed E-state index contributed by atoms with van der Waals surface area (Å²) in [6.45, 7) is 3.89. The average Bonchev–Trinajstić information content (AvgIpc) is 2.26. The Balaban J connectivity index is 3.18. The number of carboxylic acids is 1. The van der Waals surface area contributed by atoms with E-state index in [9.17, 15) is 4.79 Å². The van der Waals surface area contributed by atoms with Crippen molar-refractivity contribution in [3.05, 3.63) is 34.3 Å². The molecule has 0 aliphatic heterocycles. The average molecular weight is 300 g/mol. The quantitative estimate of drug-likeness (QED) is 0.879. The summed E-state index contributed by atoms with van der Waals surface area (Å²) in [7, 11) is 0.